The second-order valence-electron chi connectivity index (χ2n) is 11.9. The maximum Gasteiger partial charge on any atom is 0.430 e. The third kappa shape index (κ3) is 7.22. The summed E-state index contributed by atoms with van der Waals surface area (Å²) in [5, 5.41) is 12.1. The predicted molar refractivity (Wildman–Crippen MR) is 155 cm³/mol. The number of carbonyl (C=O) groups excluding carboxylic acids is 2. The van der Waals surface area contributed by atoms with E-state index >= 15 is 4.39 Å². The Kier molecular flexibility index (Phi) is 9.20. The lowest BCUT2D eigenvalue weighted by atomic mass is 9.90. The molecular formula is C31H29F7N2O6S. The topological polar surface area (TPSA) is 113 Å². The third-order valence-electron chi connectivity index (χ3n) is 7.32. The van der Waals surface area contributed by atoms with E-state index in [1.165, 1.54) is 24.3 Å². The molecule has 254 valence electrons. The lowest BCUT2D eigenvalue weighted by Crippen LogP contribution is -2.53. The quantitative estimate of drug-likeness (QED) is 0.289. The second kappa shape index (κ2) is 12.1. The normalized spacial score (nSPS) is 16.0. The number of halogens is 7. The Morgan fingerprint density at radius 3 is 2.02 bits per heavy atom. The molecule has 1 heterocycles. The van der Waals surface area contributed by atoms with E-state index in [9.17, 15) is 49.5 Å². The van der Waals surface area contributed by atoms with E-state index in [2.05, 4.69) is 5.32 Å². The smallest absolute Gasteiger partial charge is 0.430 e. The summed E-state index contributed by atoms with van der Waals surface area (Å²) in [5.74, 6) is -1.82. The highest BCUT2D eigenvalue weighted by Gasteiger charge is 2.71. The zero-order valence-corrected chi connectivity index (χ0v) is 26.1. The molecule has 0 aliphatic carbocycles. The van der Waals surface area contributed by atoms with Crippen molar-refractivity contribution in [1.82, 2.24) is 4.90 Å². The number of amides is 2. The van der Waals surface area contributed by atoms with Gasteiger partial charge in [-0.25, -0.2) is 17.6 Å². The number of fused-ring (bicyclic) bond motifs is 1. The van der Waals surface area contributed by atoms with Crippen LogP contribution in [0.1, 0.15) is 43.5 Å². The van der Waals surface area contributed by atoms with Crippen LogP contribution in [0.5, 0.6) is 0 Å². The fourth-order valence-electron chi connectivity index (χ4n) is 5.05. The van der Waals surface area contributed by atoms with E-state index in [0.717, 1.165) is 35.4 Å². The number of hydrogen-bond acceptors (Lipinski definition) is 6. The number of alkyl halides is 6. The van der Waals surface area contributed by atoms with E-state index in [4.69, 9.17) is 4.74 Å². The molecule has 3 aromatic rings. The van der Waals surface area contributed by atoms with Crippen molar-refractivity contribution < 1.29 is 58.6 Å². The summed E-state index contributed by atoms with van der Waals surface area (Å²) in [6.07, 6.45) is -11.8. The minimum atomic E-state index is -6.09. The van der Waals surface area contributed by atoms with Gasteiger partial charge in [0.1, 0.15) is 17.5 Å². The van der Waals surface area contributed by atoms with Crippen LogP contribution in [0.3, 0.4) is 0 Å². The van der Waals surface area contributed by atoms with Crippen LogP contribution in [-0.2, 0) is 31.4 Å². The van der Waals surface area contributed by atoms with Gasteiger partial charge in [-0.2, -0.15) is 26.3 Å². The van der Waals surface area contributed by atoms with Crippen LogP contribution in [-0.4, -0.2) is 61.2 Å². The van der Waals surface area contributed by atoms with Crippen molar-refractivity contribution in [2.24, 2.45) is 0 Å². The van der Waals surface area contributed by atoms with E-state index in [1.807, 2.05) is 0 Å². The fourth-order valence-corrected chi connectivity index (χ4v) is 5.72. The Bertz CT molecular complexity index is 1790. The largest absolute Gasteiger partial charge is 0.444 e. The Labute approximate surface area is 265 Å². The van der Waals surface area contributed by atoms with Gasteiger partial charge in [0, 0.05) is 29.6 Å². The molecule has 0 bridgehead atoms. The molecule has 47 heavy (non-hydrogen) atoms. The summed E-state index contributed by atoms with van der Waals surface area (Å²) in [7, 11) is -3.59. The zero-order valence-electron chi connectivity index (χ0n) is 25.3. The zero-order chi connectivity index (χ0) is 35.3. The van der Waals surface area contributed by atoms with Gasteiger partial charge < -0.3 is 15.2 Å². The molecule has 8 nitrogen and oxygen atoms in total. The van der Waals surface area contributed by atoms with Crippen molar-refractivity contribution in [3.8, 4) is 11.1 Å². The molecule has 2 amide bonds. The van der Waals surface area contributed by atoms with Gasteiger partial charge >= 0.3 is 18.4 Å². The molecule has 0 radical (unpaired) electrons. The van der Waals surface area contributed by atoms with Gasteiger partial charge in [-0.15, -0.1) is 0 Å². The molecule has 4 rings (SSSR count). The van der Waals surface area contributed by atoms with Crippen molar-refractivity contribution in [1.29, 1.82) is 0 Å². The Morgan fingerprint density at radius 1 is 0.915 bits per heavy atom. The van der Waals surface area contributed by atoms with Crippen molar-refractivity contribution >= 4 is 27.5 Å². The fraction of sp³-hybridized carbons (Fsp3) is 0.355. The van der Waals surface area contributed by atoms with Crippen LogP contribution in [0, 0.1) is 5.82 Å². The SMILES string of the molecule is CC(C)(C)OC(=O)N1CCc2cc(S(C)(=O)=O)ccc2C1C(=O)Nc1ccc(-c2ccc(C(O)(C(F)(F)F)C(F)(F)F)cc2)c(F)c1. The molecule has 0 spiro atoms. The Morgan fingerprint density at radius 2 is 1.51 bits per heavy atom. The maximum absolute atomic E-state index is 15.2. The molecule has 1 unspecified atom stereocenters. The monoisotopic (exact) mass is 690 g/mol. The lowest BCUT2D eigenvalue weighted by Gasteiger charge is -2.37. The van der Waals surface area contributed by atoms with Crippen LogP contribution in [0.2, 0.25) is 0 Å². The van der Waals surface area contributed by atoms with Gasteiger partial charge in [-0.05, 0) is 74.2 Å². The molecule has 0 aromatic heterocycles. The van der Waals surface area contributed by atoms with Crippen molar-refractivity contribution in [3.05, 3.63) is 83.2 Å². The number of nitrogens with one attached hydrogen (secondary N) is 1. The first-order valence-corrected chi connectivity index (χ1v) is 15.7. The summed E-state index contributed by atoms with van der Waals surface area (Å²) >= 11 is 0. The van der Waals surface area contributed by atoms with E-state index < -0.39 is 62.8 Å². The van der Waals surface area contributed by atoms with Gasteiger partial charge in [0.2, 0.25) is 0 Å². The first kappa shape index (κ1) is 35.7. The highest BCUT2D eigenvalue weighted by Crippen LogP contribution is 2.50. The van der Waals surface area contributed by atoms with Crippen molar-refractivity contribution in [2.75, 3.05) is 18.1 Å². The highest BCUT2D eigenvalue weighted by molar-refractivity contribution is 7.90. The maximum atomic E-state index is 15.2. The van der Waals surface area contributed by atoms with Crippen molar-refractivity contribution in [3.63, 3.8) is 0 Å². The number of sulfone groups is 1. The summed E-state index contributed by atoms with van der Waals surface area (Å²) in [6.45, 7) is 4.86. The van der Waals surface area contributed by atoms with E-state index in [1.54, 1.807) is 20.8 Å². The van der Waals surface area contributed by atoms with Crippen LogP contribution < -0.4 is 5.32 Å². The minimum Gasteiger partial charge on any atom is -0.444 e. The molecular weight excluding hydrogens is 661 g/mol. The average Bonchev–Trinajstić information content (AvgIpc) is 2.93. The van der Waals surface area contributed by atoms with E-state index in [0.29, 0.717) is 23.3 Å². The number of anilines is 1. The molecule has 2 N–H and O–H groups in total. The predicted octanol–water partition coefficient (Wildman–Crippen LogP) is 6.68. The number of benzene rings is 3. The van der Waals surface area contributed by atoms with Crippen LogP contribution >= 0.6 is 0 Å². The summed E-state index contributed by atoms with van der Waals surface area (Å²) < 4.78 is 124. The van der Waals surface area contributed by atoms with Gasteiger partial charge in [0.15, 0.2) is 9.84 Å². The van der Waals surface area contributed by atoms with Gasteiger partial charge in [-0.1, -0.05) is 30.3 Å². The first-order valence-electron chi connectivity index (χ1n) is 13.8. The highest BCUT2D eigenvalue weighted by atomic mass is 32.2. The molecule has 3 aromatic carbocycles. The molecule has 0 saturated carbocycles. The molecule has 16 heteroatoms. The number of aliphatic hydroxyl groups is 1. The van der Waals surface area contributed by atoms with Crippen LogP contribution in [0.4, 0.5) is 41.2 Å². The molecule has 0 fully saturated rings. The summed E-state index contributed by atoms with van der Waals surface area (Å²) in [4.78, 5) is 27.9. The standard InChI is InChI=1S/C31H29F7N2O6S/c1-28(2,3)46-27(42)40-14-13-18-15-21(47(4,44)45)10-12-23(18)25(40)26(41)39-20-9-11-22(24(32)16-20)17-5-7-19(8-6-17)29(43,30(33,34)35)31(36,37)38/h5-12,15-16,25,43H,13-14H2,1-4H3,(H,39,41). The van der Waals surface area contributed by atoms with Crippen LogP contribution in [0.25, 0.3) is 11.1 Å². The molecule has 1 aliphatic rings. The number of ether oxygens (including phenoxy) is 1. The number of nitrogens with zero attached hydrogens (tertiary/aromatic N) is 1. The van der Waals surface area contributed by atoms with E-state index in [-0.39, 0.29) is 34.7 Å². The Hall–Kier alpha value is -4.18. The van der Waals surface area contributed by atoms with Gasteiger partial charge in [-0.3, -0.25) is 9.69 Å². The average molecular weight is 691 g/mol. The summed E-state index contributed by atoms with van der Waals surface area (Å²) in [6, 6.07) is 8.29. The van der Waals surface area contributed by atoms with Crippen LogP contribution in [0.15, 0.2) is 65.6 Å². The van der Waals surface area contributed by atoms with Gasteiger partial charge in [0.25, 0.3) is 11.5 Å². The third-order valence-corrected chi connectivity index (χ3v) is 8.43. The minimum absolute atomic E-state index is 0.00769. The number of rotatable bonds is 5. The lowest BCUT2D eigenvalue weighted by molar-refractivity contribution is -0.376. The number of carbonyl (C=O) groups is 2. The molecule has 0 saturated heterocycles. The molecule has 1 atom stereocenters. The summed E-state index contributed by atoms with van der Waals surface area (Å²) in [5.41, 5.74) is -7.28. The van der Waals surface area contributed by atoms with Gasteiger partial charge in [0.05, 0.1) is 4.90 Å². The molecule has 1 aliphatic heterocycles. The second-order valence-corrected chi connectivity index (χ2v) is 13.9. The first-order chi connectivity index (χ1) is 21.4. The number of hydrogen-bond donors (Lipinski definition) is 2. The Balaban J connectivity index is 1.65. The van der Waals surface area contributed by atoms with Crippen molar-refractivity contribution in [2.45, 2.75) is 61.7 Å².